The Labute approximate surface area is 119 Å². The van der Waals surface area contributed by atoms with Crippen molar-refractivity contribution in [3.63, 3.8) is 0 Å². The van der Waals surface area contributed by atoms with Crippen molar-refractivity contribution in [1.29, 1.82) is 0 Å². The summed E-state index contributed by atoms with van der Waals surface area (Å²) in [6.07, 6.45) is 0. The Bertz CT molecular complexity index is 647. The monoisotopic (exact) mass is 300 g/mol. The first-order valence-corrected chi connectivity index (χ1v) is 6.19. The molecule has 6 heteroatoms. The van der Waals surface area contributed by atoms with Crippen LogP contribution in [0.2, 0.25) is 5.02 Å². The molecule has 3 N–H and O–H groups in total. The molecule has 0 aromatic heterocycles. The SMILES string of the molecule is Cc1ccc(F)c(C(NN)c2cc(F)ccc2Cl)c1F. The van der Waals surface area contributed by atoms with Gasteiger partial charge in [0.05, 0.1) is 6.04 Å². The Hall–Kier alpha value is -1.56. The molecule has 2 rings (SSSR count). The van der Waals surface area contributed by atoms with Crippen LogP contribution in [0.1, 0.15) is 22.7 Å². The van der Waals surface area contributed by atoms with Gasteiger partial charge in [0.25, 0.3) is 0 Å². The second kappa shape index (κ2) is 5.83. The van der Waals surface area contributed by atoms with Crippen molar-refractivity contribution in [2.45, 2.75) is 13.0 Å². The number of nitrogens with two attached hydrogens (primary N) is 1. The predicted molar refractivity (Wildman–Crippen MR) is 71.7 cm³/mol. The summed E-state index contributed by atoms with van der Waals surface area (Å²) in [6, 6.07) is 4.91. The molecule has 0 heterocycles. The Morgan fingerprint density at radius 3 is 2.50 bits per heavy atom. The molecule has 20 heavy (non-hydrogen) atoms. The van der Waals surface area contributed by atoms with Crippen LogP contribution in [0.15, 0.2) is 30.3 Å². The number of benzene rings is 2. The van der Waals surface area contributed by atoms with Crippen LogP contribution in [-0.2, 0) is 0 Å². The summed E-state index contributed by atoms with van der Waals surface area (Å²) < 4.78 is 41.4. The maximum absolute atomic E-state index is 14.1. The zero-order chi connectivity index (χ0) is 14.9. The zero-order valence-electron chi connectivity index (χ0n) is 10.6. The summed E-state index contributed by atoms with van der Waals surface area (Å²) in [6.45, 7) is 1.50. The second-order valence-electron chi connectivity index (χ2n) is 4.36. The molecular formula is C14H12ClF3N2. The average Bonchev–Trinajstić information content (AvgIpc) is 2.42. The van der Waals surface area contributed by atoms with E-state index in [1.165, 1.54) is 19.1 Å². The molecule has 106 valence electrons. The van der Waals surface area contributed by atoms with Gasteiger partial charge in [-0.25, -0.2) is 18.6 Å². The van der Waals surface area contributed by atoms with Gasteiger partial charge in [-0.15, -0.1) is 0 Å². The maximum Gasteiger partial charge on any atom is 0.134 e. The Morgan fingerprint density at radius 2 is 1.85 bits per heavy atom. The molecule has 0 saturated heterocycles. The van der Waals surface area contributed by atoms with Crippen molar-refractivity contribution in [2.75, 3.05) is 0 Å². The number of halogens is 4. The highest BCUT2D eigenvalue weighted by Crippen LogP contribution is 2.32. The van der Waals surface area contributed by atoms with Gasteiger partial charge in [0.15, 0.2) is 0 Å². The standard InChI is InChI=1S/C14H12ClF3N2/c1-7-2-5-11(17)12(13(7)18)14(20-19)9-6-8(16)3-4-10(9)15/h2-6,14,20H,19H2,1H3. The van der Waals surface area contributed by atoms with Gasteiger partial charge in [0.2, 0.25) is 0 Å². The summed E-state index contributed by atoms with van der Waals surface area (Å²) in [5.74, 6) is 3.28. The molecule has 0 radical (unpaired) electrons. The first kappa shape index (κ1) is 14.8. The fourth-order valence-corrected chi connectivity index (χ4v) is 2.23. The summed E-state index contributed by atoms with van der Waals surface area (Å²) in [4.78, 5) is 0. The smallest absolute Gasteiger partial charge is 0.134 e. The van der Waals surface area contributed by atoms with Crippen LogP contribution in [0.5, 0.6) is 0 Å². The first-order chi connectivity index (χ1) is 9.45. The number of hydrazine groups is 1. The normalized spacial score (nSPS) is 12.5. The molecule has 0 aliphatic carbocycles. The molecule has 2 aromatic rings. The highest BCUT2D eigenvalue weighted by atomic mass is 35.5. The van der Waals surface area contributed by atoms with E-state index < -0.39 is 23.5 Å². The van der Waals surface area contributed by atoms with Gasteiger partial charge in [0.1, 0.15) is 17.5 Å². The minimum atomic E-state index is -1.09. The fourth-order valence-electron chi connectivity index (χ4n) is 2.01. The summed E-state index contributed by atoms with van der Waals surface area (Å²) in [5, 5.41) is 0.162. The third-order valence-corrected chi connectivity index (χ3v) is 3.39. The lowest BCUT2D eigenvalue weighted by atomic mass is 9.96. The van der Waals surface area contributed by atoms with Gasteiger partial charge < -0.3 is 0 Å². The van der Waals surface area contributed by atoms with E-state index in [9.17, 15) is 13.2 Å². The van der Waals surface area contributed by atoms with E-state index in [0.29, 0.717) is 0 Å². The predicted octanol–water partition coefficient (Wildman–Crippen LogP) is 3.62. The molecule has 0 aliphatic heterocycles. The van der Waals surface area contributed by atoms with Crippen molar-refractivity contribution in [3.8, 4) is 0 Å². The molecular weight excluding hydrogens is 289 g/mol. The lowest BCUT2D eigenvalue weighted by Gasteiger charge is -2.20. The number of hydrogen-bond acceptors (Lipinski definition) is 2. The maximum atomic E-state index is 14.1. The van der Waals surface area contributed by atoms with Crippen molar-refractivity contribution in [3.05, 3.63) is 69.5 Å². The largest absolute Gasteiger partial charge is 0.271 e. The topological polar surface area (TPSA) is 38.0 Å². The van der Waals surface area contributed by atoms with Gasteiger partial charge in [-0.1, -0.05) is 17.7 Å². The molecule has 1 atom stereocenters. The van der Waals surface area contributed by atoms with Crippen LogP contribution >= 0.6 is 11.6 Å². The molecule has 1 unspecified atom stereocenters. The summed E-state index contributed by atoms with van der Waals surface area (Å²) in [5.41, 5.74) is 2.41. The minimum Gasteiger partial charge on any atom is -0.271 e. The van der Waals surface area contributed by atoms with Crippen LogP contribution in [0.25, 0.3) is 0 Å². The van der Waals surface area contributed by atoms with Gasteiger partial charge in [-0.05, 0) is 42.3 Å². The highest BCUT2D eigenvalue weighted by Gasteiger charge is 2.24. The molecule has 0 amide bonds. The van der Waals surface area contributed by atoms with Crippen LogP contribution in [0, 0.1) is 24.4 Å². The average molecular weight is 301 g/mol. The molecule has 0 fully saturated rings. The lowest BCUT2D eigenvalue weighted by molar-refractivity contribution is 0.505. The molecule has 0 bridgehead atoms. The van der Waals surface area contributed by atoms with Gasteiger partial charge >= 0.3 is 0 Å². The van der Waals surface area contributed by atoms with Crippen LogP contribution in [-0.4, -0.2) is 0 Å². The van der Waals surface area contributed by atoms with Crippen molar-refractivity contribution in [2.24, 2.45) is 5.84 Å². The van der Waals surface area contributed by atoms with E-state index in [2.05, 4.69) is 5.43 Å². The Morgan fingerprint density at radius 1 is 1.15 bits per heavy atom. The van der Waals surface area contributed by atoms with Crippen LogP contribution in [0.3, 0.4) is 0 Å². The van der Waals surface area contributed by atoms with Crippen molar-refractivity contribution < 1.29 is 13.2 Å². The molecule has 0 spiro atoms. The lowest BCUT2D eigenvalue weighted by Crippen LogP contribution is -2.31. The van der Waals surface area contributed by atoms with Gasteiger partial charge in [0, 0.05) is 10.6 Å². The van der Waals surface area contributed by atoms with E-state index in [1.54, 1.807) is 0 Å². The van der Waals surface area contributed by atoms with Gasteiger partial charge in [-0.2, -0.15) is 0 Å². The summed E-state index contributed by atoms with van der Waals surface area (Å²) in [7, 11) is 0. The molecule has 0 aliphatic rings. The Balaban J connectivity index is 2.64. The molecule has 2 nitrogen and oxygen atoms in total. The van der Waals surface area contributed by atoms with Crippen LogP contribution in [0.4, 0.5) is 13.2 Å². The van der Waals surface area contributed by atoms with Crippen molar-refractivity contribution in [1.82, 2.24) is 5.43 Å². The summed E-state index contributed by atoms with van der Waals surface area (Å²) >= 11 is 5.96. The van der Waals surface area contributed by atoms with E-state index >= 15 is 0 Å². The quantitative estimate of drug-likeness (QED) is 0.671. The first-order valence-electron chi connectivity index (χ1n) is 5.81. The van der Waals surface area contributed by atoms with Crippen molar-refractivity contribution >= 4 is 11.6 Å². The second-order valence-corrected chi connectivity index (χ2v) is 4.76. The Kier molecular flexibility index (Phi) is 4.32. The third-order valence-electron chi connectivity index (χ3n) is 3.04. The number of hydrogen-bond donors (Lipinski definition) is 2. The van der Waals surface area contributed by atoms with E-state index in [-0.39, 0.29) is 21.7 Å². The zero-order valence-corrected chi connectivity index (χ0v) is 11.3. The van der Waals surface area contributed by atoms with E-state index in [4.69, 9.17) is 17.4 Å². The molecule has 0 saturated carbocycles. The van der Waals surface area contributed by atoms with E-state index in [1.807, 2.05) is 0 Å². The third kappa shape index (κ3) is 2.65. The molecule has 2 aromatic carbocycles. The van der Waals surface area contributed by atoms with E-state index in [0.717, 1.165) is 18.2 Å². The highest BCUT2D eigenvalue weighted by molar-refractivity contribution is 6.31. The minimum absolute atomic E-state index is 0.162. The fraction of sp³-hybridized carbons (Fsp3) is 0.143. The number of nitrogens with one attached hydrogen (secondary N) is 1. The van der Waals surface area contributed by atoms with Gasteiger partial charge in [-0.3, -0.25) is 5.84 Å². The number of aryl methyl sites for hydroxylation is 1. The number of rotatable bonds is 3. The van der Waals surface area contributed by atoms with Crippen LogP contribution < -0.4 is 11.3 Å².